The van der Waals surface area contributed by atoms with Gasteiger partial charge in [-0.3, -0.25) is 0 Å². The Hall–Kier alpha value is -1.99. The zero-order valence-electron chi connectivity index (χ0n) is 11.3. The Labute approximate surface area is 118 Å². The summed E-state index contributed by atoms with van der Waals surface area (Å²) in [6.45, 7) is 4.28. The molecular formula is C13H16N4O2S. The van der Waals surface area contributed by atoms with Crippen molar-refractivity contribution in [3.8, 4) is 0 Å². The topological polar surface area (TPSA) is 98.0 Å². The van der Waals surface area contributed by atoms with E-state index in [0.29, 0.717) is 6.54 Å². The Balaban J connectivity index is 2.29. The van der Waals surface area contributed by atoms with Crippen LogP contribution in [-0.2, 0) is 16.6 Å². The van der Waals surface area contributed by atoms with Crippen molar-refractivity contribution in [3.63, 3.8) is 0 Å². The van der Waals surface area contributed by atoms with Gasteiger partial charge in [0.25, 0.3) is 0 Å². The van der Waals surface area contributed by atoms with Gasteiger partial charge >= 0.3 is 0 Å². The number of rotatable bonds is 4. The number of nitrogens with two attached hydrogens (primary N) is 1. The molecule has 20 heavy (non-hydrogen) atoms. The summed E-state index contributed by atoms with van der Waals surface area (Å²) in [5, 5.41) is 8.36. The largest absolute Gasteiger partial charge is 0.381 e. The van der Waals surface area contributed by atoms with Crippen LogP contribution in [0, 0.1) is 13.8 Å². The van der Waals surface area contributed by atoms with Gasteiger partial charge in [-0.25, -0.2) is 23.5 Å². The second-order valence-electron chi connectivity index (χ2n) is 4.56. The minimum Gasteiger partial charge on any atom is -0.381 e. The first-order valence-corrected chi connectivity index (χ1v) is 7.54. The number of sulfonamides is 1. The Morgan fingerprint density at radius 2 is 1.85 bits per heavy atom. The third-order valence-corrected chi connectivity index (χ3v) is 3.96. The van der Waals surface area contributed by atoms with Gasteiger partial charge in [0.1, 0.15) is 6.33 Å². The van der Waals surface area contributed by atoms with Gasteiger partial charge in [-0.15, -0.1) is 0 Å². The fourth-order valence-corrected chi connectivity index (χ4v) is 2.42. The van der Waals surface area contributed by atoms with Crippen LogP contribution < -0.4 is 10.5 Å². The molecule has 0 bridgehead atoms. The highest BCUT2D eigenvalue weighted by Crippen LogP contribution is 2.23. The number of hydrogen-bond acceptors (Lipinski definition) is 5. The molecule has 106 valence electrons. The third kappa shape index (κ3) is 3.31. The Bertz CT molecular complexity index is 715. The second-order valence-corrected chi connectivity index (χ2v) is 6.12. The van der Waals surface area contributed by atoms with Crippen LogP contribution in [0.5, 0.6) is 0 Å². The molecule has 1 aromatic carbocycles. The number of aryl methyl sites for hydroxylation is 1. The van der Waals surface area contributed by atoms with Gasteiger partial charge in [0.2, 0.25) is 10.0 Å². The van der Waals surface area contributed by atoms with Gasteiger partial charge in [-0.1, -0.05) is 0 Å². The summed E-state index contributed by atoms with van der Waals surface area (Å²) in [6.07, 6.45) is 4.86. The molecule has 1 aromatic heterocycles. The van der Waals surface area contributed by atoms with Crippen LogP contribution in [0.4, 0.5) is 5.69 Å². The molecule has 7 heteroatoms. The van der Waals surface area contributed by atoms with Crippen LogP contribution in [0.15, 0.2) is 35.7 Å². The average Bonchev–Trinajstić information content (AvgIpc) is 2.40. The maximum atomic E-state index is 11.5. The van der Waals surface area contributed by atoms with Crippen LogP contribution in [0.3, 0.4) is 0 Å². The molecule has 1 heterocycles. The van der Waals surface area contributed by atoms with Crippen LogP contribution in [0.2, 0.25) is 0 Å². The van der Waals surface area contributed by atoms with E-state index in [1.54, 1.807) is 24.5 Å². The lowest BCUT2D eigenvalue weighted by molar-refractivity contribution is 0.597. The lowest BCUT2D eigenvalue weighted by atomic mass is 10.1. The van der Waals surface area contributed by atoms with Gasteiger partial charge < -0.3 is 5.32 Å². The van der Waals surface area contributed by atoms with Crippen LogP contribution >= 0.6 is 0 Å². The van der Waals surface area contributed by atoms with Crippen LogP contribution in [-0.4, -0.2) is 18.4 Å². The fourth-order valence-electron chi connectivity index (χ4n) is 1.79. The molecule has 0 radical (unpaired) electrons. The van der Waals surface area contributed by atoms with E-state index >= 15 is 0 Å². The summed E-state index contributed by atoms with van der Waals surface area (Å²) in [4.78, 5) is 7.96. The highest BCUT2D eigenvalue weighted by atomic mass is 32.2. The molecular weight excluding hydrogens is 276 g/mol. The summed E-state index contributed by atoms with van der Waals surface area (Å²) in [5.41, 5.74) is 3.49. The average molecular weight is 292 g/mol. The zero-order chi connectivity index (χ0) is 14.8. The molecule has 3 N–H and O–H groups in total. The Kier molecular flexibility index (Phi) is 4.01. The van der Waals surface area contributed by atoms with Crippen molar-refractivity contribution in [1.82, 2.24) is 9.97 Å². The second kappa shape index (κ2) is 5.56. The van der Waals surface area contributed by atoms with E-state index in [1.807, 2.05) is 13.8 Å². The van der Waals surface area contributed by atoms with Gasteiger partial charge in [0.05, 0.1) is 4.90 Å². The number of anilines is 1. The van der Waals surface area contributed by atoms with Crippen molar-refractivity contribution in [2.75, 3.05) is 5.32 Å². The molecule has 0 fully saturated rings. The van der Waals surface area contributed by atoms with Gasteiger partial charge in [0, 0.05) is 30.2 Å². The standard InChI is InChI=1S/C13H16N4O2S/c1-9-3-12(20(14,18)19)4-13(10(9)2)17-7-11-5-15-8-16-6-11/h3-6,8,17H,7H2,1-2H3,(H2,14,18,19). The SMILES string of the molecule is Cc1cc(S(N)(=O)=O)cc(NCc2cncnc2)c1C. The molecule has 2 aromatic rings. The molecule has 0 atom stereocenters. The molecule has 0 unspecified atom stereocenters. The van der Waals surface area contributed by atoms with E-state index in [0.717, 1.165) is 22.4 Å². The predicted molar refractivity (Wildman–Crippen MR) is 76.6 cm³/mol. The molecule has 0 aliphatic heterocycles. The van der Waals surface area contributed by atoms with Gasteiger partial charge in [-0.05, 0) is 37.1 Å². The number of benzene rings is 1. The molecule has 0 amide bonds. The van der Waals surface area contributed by atoms with Crippen molar-refractivity contribution in [3.05, 3.63) is 47.5 Å². The van der Waals surface area contributed by atoms with Gasteiger partial charge in [0.15, 0.2) is 0 Å². The summed E-state index contributed by atoms with van der Waals surface area (Å²) in [6, 6.07) is 3.11. The number of primary sulfonamides is 1. The van der Waals surface area contributed by atoms with Crippen molar-refractivity contribution >= 4 is 15.7 Å². The zero-order valence-corrected chi connectivity index (χ0v) is 12.1. The highest BCUT2D eigenvalue weighted by Gasteiger charge is 2.12. The number of nitrogens with one attached hydrogen (secondary N) is 1. The van der Waals surface area contributed by atoms with E-state index < -0.39 is 10.0 Å². The van der Waals surface area contributed by atoms with E-state index in [4.69, 9.17) is 5.14 Å². The van der Waals surface area contributed by atoms with Gasteiger partial charge in [-0.2, -0.15) is 0 Å². The van der Waals surface area contributed by atoms with Crippen molar-refractivity contribution < 1.29 is 8.42 Å². The maximum absolute atomic E-state index is 11.5. The van der Waals surface area contributed by atoms with E-state index in [9.17, 15) is 8.42 Å². The summed E-state index contributed by atoms with van der Waals surface area (Å²) < 4.78 is 22.9. The number of hydrogen-bond donors (Lipinski definition) is 2. The first-order chi connectivity index (χ1) is 9.38. The molecule has 6 nitrogen and oxygen atoms in total. The van der Waals surface area contributed by atoms with Crippen molar-refractivity contribution in [2.45, 2.75) is 25.3 Å². The molecule has 0 saturated heterocycles. The van der Waals surface area contributed by atoms with Crippen molar-refractivity contribution in [1.29, 1.82) is 0 Å². The van der Waals surface area contributed by atoms with Crippen LogP contribution in [0.25, 0.3) is 0 Å². The number of aromatic nitrogens is 2. The smallest absolute Gasteiger partial charge is 0.238 e. The fraction of sp³-hybridized carbons (Fsp3) is 0.231. The van der Waals surface area contributed by atoms with Crippen LogP contribution in [0.1, 0.15) is 16.7 Å². The quantitative estimate of drug-likeness (QED) is 0.886. The van der Waals surface area contributed by atoms with E-state index in [1.165, 1.54) is 6.33 Å². The highest BCUT2D eigenvalue weighted by molar-refractivity contribution is 7.89. The minimum atomic E-state index is -3.71. The monoisotopic (exact) mass is 292 g/mol. The normalized spacial score (nSPS) is 11.3. The Morgan fingerprint density at radius 1 is 1.20 bits per heavy atom. The van der Waals surface area contributed by atoms with Crippen molar-refractivity contribution in [2.24, 2.45) is 5.14 Å². The molecule has 2 rings (SSSR count). The van der Waals surface area contributed by atoms with E-state index in [2.05, 4.69) is 15.3 Å². The minimum absolute atomic E-state index is 0.104. The molecule has 0 aliphatic rings. The third-order valence-electron chi connectivity index (χ3n) is 3.07. The predicted octanol–water partition coefficient (Wildman–Crippen LogP) is 1.35. The molecule has 0 aliphatic carbocycles. The first kappa shape index (κ1) is 14.4. The number of nitrogens with zero attached hydrogens (tertiary/aromatic N) is 2. The lowest BCUT2D eigenvalue weighted by Gasteiger charge is -2.13. The summed E-state index contributed by atoms with van der Waals surface area (Å²) in [5.74, 6) is 0. The first-order valence-electron chi connectivity index (χ1n) is 6.00. The maximum Gasteiger partial charge on any atom is 0.238 e. The van der Waals surface area contributed by atoms with E-state index in [-0.39, 0.29) is 4.90 Å². The lowest BCUT2D eigenvalue weighted by Crippen LogP contribution is -2.13. The molecule has 0 spiro atoms. The Morgan fingerprint density at radius 3 is 2.45 bits per heavy atom. The molecule has 0 saturated carbocycles. The summed E-state index contributed by atoms with van der Waals surface area (Å²) >= 11 is 0. The summed E-state index contributed by atoms with van der Waals surface area (Å²) in [7, 11) is -3.71.